The van der Waals surface area contributed by atoms with Gasteiger partial charge in [0, 0.05) is 30.9 Å². The predicted molar refractivity (Wildman–Crippen MR) is 101 cm³/mol. The van der Waals surface area contributed by atoms with Crippen molar-refractivity contribution < 1.29 is 9.59 Å². The first-order valence-corrected chi connectivity index (χ1v) is 9.03. The summed E-state index contributed by atoms with van der Waals surface area (Å²) in [6, 6.07) is 8.10. The number of aryl methyl sites for hydroxylation is 1. The third kappa shape index (κ3) is 6.05. The number of hydrogen-bond donors (Lipinski definition) is 3. The highest BCUT2D eigenvalue weighted by Gasteiger charge is 2.27. The third-order valence-electron chi connectivity index (χ3n) is 4.54. The summed E-state index contributed by atoms with van der Waals surface area (Å²) in [5, 5.41) is 8.65. The summed E-state index contributed by atoms with van der Waals surface area (Å²) in [7, 11) is 0. The van der Waals surface area contributed by atoms with Gasteiger partial charge in [-0.1, -0.05) is 17.7 Å². The average molecular weight is 346 g/mol. The van der Waals surface area contributed by atoms with Crippen LogP contribution in [0.5, 0.6) is 0 Å². The zero-order valence-electron chi connectivity index (χ0n) is 15.6. The zero-order chi connectivity index (χ0) is 18.4. The fraction of sp³-hybridized carbons (Fsp3) is 0.579. The Morgan fingerprint density at radius 2 is 1.68 bits per heavy atom. The molecule has 2 rings (SSSR count). The summed E-state index contributed by atoms with van der Waals surface area (Å²) >= 11 is 0. The molecule has 1 fully saturated rings. The molecule has 3 N–H and O–H groups in total. The lowest BCUT2D eigenvalue weighted by Crippen LogP contribution is -2.53. The van der Waals surface area contributed by atoms with E-state index in [-0.39, 0.29) is 18.0 Å². The van der Waals surface area contributed by atoms with Crippen molar-refractivity contribution in [2.24, 2.45) is 0 Å². The Bertz CT molecular complexity index is 578. The van der Waals surface area contributed by atoms with Crippen LogP contribution >= 0.6 is 0 Å². The van der Waals surface area contributed by atoms with Crippen molar-refractivity contribution in [3.8, 4) is 0 Å². The number of anilines is 1. The van der Waals surface area contributed by atoms with E-state index in [9.17, 15) is 9.59 Å². The van der Waals surface area contributed by atoms with Gasteiger partial charge in [0.1, 0.15) is 0 Å². The first-order chi connectivity index (χ1) is 11.8. The Balaban J connectivity index is 1.77. The standard InChI is InChI=1S/C19H30N4O2/c1-13(2)20-19(25)22-18(24)15(4)23-11-9-17(10-12-23)21-16-7-5-14(3)6-8-16/h5-8,13,15,17,21H,9-12H2,1-4H3,(H2,20,22,24,25)/t15-/m1/s1. The molecule has 3 amide bonds. The molecule has 0 saturated carbocycles. The summed E-state index contributed by atoms with van der Waals surface area (Å²) < 4.78 is 0. The molecule has 0 bridgehead atoms. The van der Waals surface area contributed by atoms with Crippen molar-refractivity contribution in [3.05, 3.63) is 29.8 Å². The van der Waals surface area contributed by atoms with Gasteiger partial charge in [0.2, 0.25) is 5.91 Å². The maximum Gasteiger partial charge on any atom is 0.321 e. The average Bonchev–Trinajstić information content (AvgIpc) is 2.56. The molecule has 1 saturated heterocycles. The number of amides is 3. The van der Waals surface area contributed by atoms with Crippen LogP contribution < -0.4 is 16.0 Å². The Kier molecular flexibility index (Phi) is 6.82. The highest BCUT2D eigenvalue weighted by atomic mass is 16.2. The molecule has 0 aliphatic carbocycles. The number of hydrogen-bond acceptors (Lipinski definition) is 4. The largest absolute Gasteiger partial charge is 0.382 e. The number of urea groups is 1. The molecule has 138 valence electrons. The number of piperidine rings is 1. The van der Waals surface area contributed by atoms with Gasteiger partial charge in [-0.25, -0.2) is 4.79 Å². The van der Waals surface area contributed by atoms with Crippen LogP contribution in [0.1, 0.15) is 39.2 Å². The van der Waals surface area contributed by atoms with Gasteiger partial charge in [-0.15, -0.1) is 0 Å². The van der Waals surface area contributed by atoms with Gasteiger partial charge in [0.25, 0.3) is 0 Å². The quantitative estimate of drug-likeness (QED) is 0.766. The highest BCUT2D eigenvalue weighted by Crippen LogP contribution is 2.18. The fourth-order valence-corrected chi connectivity index (χ4v) is 3.00. The van der Waals surface area contributed by atoms with Crippen molar-refractivity contribution in [2.75, 3.05) is 18.4 Å². The first kappa shape index (κ1) is 19.2. The van der Waals surface area contributed by atoms with Gasteiger partial charge in [-0.3, -0.25) is 15.0 Å². The first-order valence-electron chi connectivity index (χ1n) is 9.03. The number of benzene rings is 1. The smallest absolute Gasteiger partial charge is 0.321 e. The lowest BCUT2D eigenvalue weighted by atomic mass is 10.0. The van der Waals surface area contributed by atoms with E-state index in [1.165, 1.54) is 5.56 Å². The summed E-state index contributed by atoms with van der Waals surface area (Å²) in [4.78, 5) is 26.0. The summed E-state index contributed by atoms with van der Waals surface area (Å²) in [6.45, 7) is 9.33. The van der Waals surface area contributed by atoms with E-state index in [0.29, 0.717) is 6.04 Å². The van der Waals surface area contributed by atoms with Crippen LogP contribution in [0.4, 0.5) is 10.5 Å². The number of rotatable bonds is 5. The number of imide groups is 1. The molecule has 0 spiro atoms. The van der Waals surface area contributed by atoms with Crippen LogP contribution in [0.3, 0.4) is 0 Å². The summed E-state index contributed by atoms with van der Waals surface area (Å²) in [5.74, 6) is -0.247. The number of nitrogens with zero attached hydrogens (tertiary/aromatic N) is 1. The van der Waals surface area contributed by atoms with E-state index in [4.69, 9.17) is 0 Å². The second-order valence-electron chi connectivity index (χ2n) is 7.11. The van der Waals surface area contributed by atoms with E-state index in [0.717, 1.165) is 31.6 Å². The van der Waals surface area contributed by atoms with E-state index < -0.39 is 6.03 Å². The van der Waals surface area contributed by atoms with Gasteiger partial charge in [-0.2, -0.15) is 0 Å². The van der Waals surface area contributed by atoms with Crippen LogP contribution in [0.2, 0.25) is 0 Å². The molecule has 1 aromatic carbocycles. The number of nitrogens with one attached hydrogen (secondary N) is 3. The minimum Gasteiger partial charge on any atom is -0.382 e. The Labute approximate surface area is 150 Å². The summed E-state index contributed by atoms with van der Waals surface area (Å²) in [6.07, 6.45) is 1.95. The van der Waals surface area contributed by atoms with Crippen molar-refractivity contribution >= 4 is 17.6 Å². The van der Waals surface area contributed by atoms with Crippen molar-refractivity contribution in [1.82, 2.24) is 15.5 Å². The molecule has 1 heterocycles. The van der Waals surface area contributed by atoms with Crippen LogP contribution in [0, 0.1) is 6.92 Å². The molecule has 1 aliphatic rings. The molecule has 6 nitrogen and oxygen atoms in total. The van der Waals surface area contributed by atoms with E-state index >= 15 is 0 Å². The van der Waals surface area contributed by atoms with Crippen molar-refractivity contribution in [1.29, 1.82) is 0 Å². The second-order valence-corrected chi connectivity index (χ2v) is 7.11. The minimum absolute atomic E-state index is 0.00620. The zero-order valence-corrected chi connectivity index (χ0v) is 15.6. The van der Waals surface area contributed by atoms with E-state index in [1.54, 1.807) is 0 Å². The van der Waals surface area contributed by atoms with Gasteiger partial charge < -0.3 is 10.6 Å². The second kappa shape index (κ2) is 8.85. The van der Waals surface area contributed by atoms with Crippen LogP contribution in [0.15, 0.2) is 24.3 Å². The third-order valence-corrected chi connectivity index (χ3v) is 4.54. The van der Waals surface area contributed by atoms with E-state index in [2.05, 4.69) is 52.0 Å². The lowest BCUT2D eigenvalue weighted by molar-refractivity contribution is -0.125. The fourth-order valence-electron chi connectivity index (χ4n) is 3.00. The van der Waals surface area contributed by atoms with Gasteiger partial charge in [-0.05, 0) is 52.7 Å². The van der Waals surface area contributed by atoms with Crippen LogP contribution in [0.25, 0.3) is 0 Å². The Hall–Kier alpha value is -2.08. The molecule has 0 unspecified atom stereocenters. The molecule has 1 atom stereocenters. The number of likely N-dealkylation sites (tertiary alicyclic amines) is 1. The summed E-state index contributed by atoms with van der Waals surface area (Å²) in [5.41, 5.74) is 2.39. The topological polar surface area (TPSA) is 73.5 Å². The molecule has 1 aliphatic heterocycles. The van der Waals surface area contributed by atoms with Crippen LogP contribution in [-0.2, 0) is 4.79 Å². The molecule has 1 aromatic rings. The SMILES string of the molecule is Cc1ccc(NC2CCN([C@H](C)C(=O)NC(=O)NC(C)C)CC2)cc1. The minimum atomic E-state index is -0.428. The van der Waals surface area contributed by atoms with Gasteiger partial charge >= 0.3 is 6.03 Å². The van der Waals surface area contributed by atoms with Crippen molar-refractivity contribution in [2.45, 2.75) is 58.7 Å². The number of carbonyl (C=O) groups excluding carboxylic acids is 2. The maximum atomic E-state index is 12.2. The Morgan fingerprint density at radius 1 is 1.08 bits per heavy atom. The van der Waals surface area contributed by atoms with Gasteiger partial charge in [0.15, 0.2) is 0 Å². The molecule has 25 heavy (non-hydrogen) atoms. The van der Waals surface area contributed by atoms with Crippen LogP contribution in [-0.4, -0.2) is 48.1 Å². The van der Waals surface area contributed by atoms with E-state index in [1.807, 2.05) is 20.8 Å². The predicted octanol–water partition coefficient (Wildman–Crippen LogP) is 2.49. The lowest BCUT2D eigenvalue weighted by Gasteiger charge is -2.35. The molecule has 6 heteroatoms. The monoisotopic (exact) mass is 346 g/mol. The number of carbonyl (C=O) groups is 2. The molecular weight excluding hydrogens is 316 g/mol. The molecule has 0 aromatic heterocycles. The molecule has 0 radical (unpaired) electrons. The Morgan fingerprint density at radius 3 is 2.24 bits per heavy atom. The molecular formula is C19H30N4O2. The highest BCUT2D eigenvalue weighted by molar-refractivity contribution is 5.96. The normalized spacial score (nSPS) is 17.2. The van der Waals surface area contributed by atoms with Gasteiger partial charge in [0.05, 0.1) is 6.04 Å². The maximum absolute atomic E-state index is 12.2. The van der Waals surface area contributed by atoms with Crippen molar-refractivity contribution in [3.63, 3.8) is 0 Å².